The van der Waals surface area contributed by atoms with Gasteiger partial charge < -0.3 is 10.6 Å². The molecule has 0 aromatic heterocycles. The van der Waals surface area contributed by atoms with Crippen LogP contribution in [0.4, 0.5) is 0 Å². The van der Waals surface area contributed by atoms with Gasteiger partial charge in [0.25, 0.3) is 0 Å². The Bertz CT molecular complexity index is 288. The van der Waals surface area contributed by atoms with E-state index >= 15 is 0 Å². The zero-order valence-corrected chi connectivity index (χ0v) is 13.9. The minimum Gasteiger partial charge on any atom is -0.329 e. The van der Waals surface area contributed by atoms with Gasteiger partial charge in [0.15, 0.2) is 0 Å². The molecule has 0 radical (unpaired) electrons. The molecule has 0 spiro atoms. The number of rotatable bonds is 7. The molecule has 1 atom stereocenters. The van der Waals surface area contributed by atoms with Crippen LogP contribution in [0.1, 0.15) is 59.3 Å². The van der Waals surface area contributed by atoms with Gasteiger partial charge in [0.05, 0.1) is 0 Å². The van der Waals surface area contributed by atoms with Crippen LogP contribution in [0.2, 0.25) is 0 Å². The van der Waals surface area contributed by atoms with Crippen LogP contribution in [0.5, 0.6) is 0 Å². The van der Waals surface area contributed by atoms with Crippen molar-refractivity contribution in [1.29, 1.82) is 0 Å². The van der Waals surface area contributed by atoms with E-state index in [1.807, 2.05) is 0 Å². The Labute approximate surface area is 125 Å². The number of hydrogen-bond donors (Lipinski definition) is 1. The van der Waals surface area contributed by atoms with Crippen LogP contribution in [-0.4, -0.2) is 54.1 Å². The second kappa shape index (κ2) is 7.24. The molecule has 0 aromatic rings. The van der Waals surface area contributed by atoms with E-state index < -0.39 is 0 Å². The smallest absolute Gasteiger partial charge is 0.0347 e. The number of likely N-dealkylation sites (tertiary alicyclic amines) is 1. The van der Waals surface area contributed by atoms with Gasteiger partial charge in [-0.25, -0.2) is 0 Å². The second-order valence-electron chi connectivity index (χ2n) is 7.31. The molecule has 3 nitrogen and oxygen atoms in total. The summed E-state index contributed by atoms with van der Waals surface area (Å²) in [5.41, 5.74) is 6.56. The van der Waals surface area contributed by atoms with Crippen molar-refractivity contribution in [2.45, 2.75) is 70.9 Å². The molecule has 1 saturated carbocycles. The molecular weight excluding hydrogens is 246 g/mol. The van der Waals surface area contributed by atoms with E-state index in [2.05, 4.69) is 30.6 Å². The molecule has 1 heterocycles. The molecule has 1 unspecified atom stereocenters. The van der Waals surface area contributed by atoms with Gasteiger partial charge in [-0.1, -0.05) is 6.92 Å². The molecule has 1 saturated heterocycles. The van der Waals surface area contributed by atoms with Crippen molar-refractivity contribution in [1.82, 2.24) is 9.80 Å². The van der Waals surface area contributed by atoms with Crippen molar-refractivity contribution >= 4 is 0 Å². The van der Waals surface area contributed by atoms with Gasteiger partial charge in [-0.2, -0.15) is 0 Å². The van der Waals surface area contributed by atoms with Crippen molar-refractivity contribution in [2.24, 2.45) is 11.7 Å². The van der Waals surface area contributed by atoms with Crippen molar-refractivity contribution in [2.75, 3.05) is 32.7 Å². The highest BCUT2D eigenvalue weighted by molar-refractivity contribution is 4.97. The third-order valence-corrected chi connectivity index (χ3v) is 5.31. The lowest BCUT2D eigenvalue weighted by molar-refractivity contribution is 0.0433. The summed E-state index contributed by atoms with van der Waals surface area (Å²) in [6.45, 7) is 12.9. The molecule has 2 aliphatic rings. The van der Waals surface area contributed by atoms with Crippen molar-refractivity contribution in [3.63, 3.8) is 0 Å². The lowest BCUT2D eigenvalue weighted by Crippen LogP contribution is -2.57. The van der Waals surface area contributed by atoms with E-state index in [1.54, 1.807) is 0 Å². The quantitative estimate of drug-likeness (QED) is 0.779. The van der Waals surface area contributed by atoms with Crippen molar-refractivity contribution in [3.05, 3.63) is 0 Å². The van der Waals surface area contributed by atoms with Gasteiger partial charge in [0, 0.05) is 24.7 Å². The molecule has 0 aromatic carbocycles. The predicted molar refractivity (Wildman–Crippen MR) is 86.9 cm³/mol. The fourth-order valence-electron chi connectivity index (χ4n) is 3.91. The summed E-state index contributed by atoms with van der Waals surface area (Å²) in [6.07, 6.45) is 8.00. The van der Waals surface area contributed by atoms with Crippen molar-refractivity contribution in [3.8, 4) is 0 Å². The Balaban J connectivity index is 2.05. The molecule has 1 aliphatic carbocycles. The molecule has 2 fully saturated rings. The van der Waals surface area contributed by atoms with Gasteiger partial charge in [0.2, 0.25) is 0 Å². The molecular formula is C17H35N3. The van der Waals surface area contributed by atoms with Crippen LogP contribution in [0.3, 0.4) is 0 Å². The third kappa shape index (κ3) is 3.96. The topological polar surface area (TPSA) is 32.5 Å². The standard InChI is InChI=1S/C17H35N3/c1-4-10-19-11-5-8-17(14-18,9-12-19)20(15(2)3)13-16-6-7-16/h15-16H,4-14,18H2,1-3H3. The molecule has 20 heavy (non-hydrogen) atoms. The minimum absolute atomic E-state index is 0.263. The summed E-state index contributed by atoms with van der Waals surface area (Å²) in [6, 6.07) is 0.622. The summed E-state index contributed by atoms with van der Waals surface area (Å²) in [7, 11) is 0. The van der Waals surface area contributed by atoms with E-state index in [0.717, 1.165) is 12.5 Å². The van der Waals surface area contributed by atoms with E-state index in [1.165, 1.54) is 64.7 Å². The van der Waals surface area contributed by atoms with Gasteiger partial charge in [0.1, 0.15) is 0 Å². The third-order valence-electron chi connectivity index (χ3n) is 5.31. The average Bonchev–Trinajstić information content (AvgIpc) is 3.24. The second-order valence-corrected chi connectivity index (χ2v) is 7.31. The monoisotopic (exact) mass is 281 g/mol. The first-order valence-corrected chi connectivity index (χ1v) is 8.80. The Hall–Kier alpha value is -0.120. The maximum absolute atomic E-state index is 6.30. The zero-order valence-electron chi connectivity index (χ0n) is 13.9. The Morgan fingerprint density at radius 2 is 2.00 bits per heavy atom. The average molecular weight is 281 g/mol. The van der Waals surface area contributed by atoms with Crippen molar-refractivity contribution < 1.29 is 0 Å². The van der Waals surface area contributed by atoms with Crippen LogP contribution < -0.4 is 5.73 Å². The Morgan fingerprint density at radius 1 is 1.25 bits per heavy atom. The Morgan fingerprint density at radius 3 is 2.55 bits per heavy atom. The highest BCUT2D eigenvalue weighted by Crippen LogP contribution is 2.36. The maximum atomic E-state index is 6.30. The number of hydrogen-bond acceptors (Lipinski definition) is 3. The lowest BCUT2D eigenvalue weighted by atomic mass is 9.87. The number of nitrogens with two attached hydrogens (primary N) is 1. The van der Waals surface area contributed by atoms with Crippen LogP contribution >= 0.6 is 0 Å². The molecule has 3 heteroatoms. The summed E-state index contributed by atoms with van der Waals surface area (Å²) in [5, 5.41) is 0. The first-order valence-electron chi connectivity index (χ1n) is 8.80. The molecule has 2 N–H and O–H groups in total. The van der Waals surface area contributed by atoms with Gasteiger partial charge >= 0.3 is 0 Å². The normalized spacial score (nSPS) is 29.1. The summed E-state index contributed by atoms with van der Waals surface area (Å²) < 4.78 is 0. The van der Waals surface area contributed by atoms with Gasteiger partial charge in [-0.15, -0.1) is 0 Å². The summed E-state index contributed by atoms with van der Waals surface area (Å²) >= 11 is 0. The van der Waals surface area contributed by atoms with Gasteiger partial charge in [-0.3, -0.25) is 4.90 Å². The highest BCUT2D eigenvalue weighted by atomic mass is 15.2. The SMILES string of the molecule is CCCN1CCCC(CN)(N(CC2CC2)C(C)C)CC1. The minimum atomic E-state index is 0.263. The summed E-state index contributed by atoms with van der Waals surface area (Å²) in [5.74, 6) is 0.954. The largest absolute Gasteiger partial charge is 0.329 e. The molecule has 118 valence electrons. The van der Waals surface area contributed by atoms with Gasteiger partial charge in [-0.05, 0) is 77.9 Å². The zero-order chi connectivity index (χ0) is 14.6. The number of nitrogens with zero attached hydrogens (tertiary/aromatic N) is 2. The fraction of sp³-hybridized carbons (Fsp3) is 1.00. The lowest BCUT2D eigenvalue weighted by Gasteiger charge is -2.46. The molecule has 1 aliphatic heterocycles. The van der Waals surface area contributed by atoms with E-state index in [4.69, 9.17) is 5.73 Å². The Kier molecular flexibility index (Phi) is 5.88. The molecule has 0 bridgehead atoms. The van der Waals surface area contributed by atoms with Crippen LogP contribution in [-0.2, 0) is 0 Å². The van der Waals surface area contributed by atoms with E-state index in [9.17, 15) is 0 Å². The highest BCUT2D eigenvalue weighted by Gasteiger charge is 2.40. The predicted octanol–water partition coefficient (Wildman–Crippen LogP) is 2.70. The first kappa shape index (κ1) is 16.3. The van der Waals surface area contributed by atoms with Crippen LogP contribution in [0.25, 0.3) is 0 Å². The summed E-state index contributed by atoms with van der Waals surface area (Å²) in [4.78, 5) is 5.41. The molecule has 0 amide bonds. The van der Waals surface area contributed by atoms with E-state index in [0.29, 0.717) is 6.04 Å². The van der Waals surface area contributed by atoms with Crippen LogP contribution in [0, 0.1) is 5.92 Å². The van der Waals surface area contributed by atoms with Crippen LogP contribution in [0.15, 0.2) is 0 Å². The first-order chi connectivity index (χ1) is 9.61. The fourth-order valence-corrected chi connectivity index (χ4v) is 3.91. The maximum Gasteiger partial charge on any atom is 0.0347 e. The molecule has 2 rings (SSSR count). The van der Waals surface area contributed by atoms with E-state index in [-0.39, 0.29) is 5.54 Å².